The van der Waals surface area contributed by atoms with Crippen molar-refractivity contribution in [2.45, 2.75) is 0 Å². The number of ether oxygens (including phenoxy) is 1. The first-order valence-electron chi connectivity index (χ1n) is 6.95. The van der Waals surface area contributed by atoms with Gasteiger partial charge in [0.1, 0.15) is 0 Å². The van der Waals surface area contributed by atoms with E-state index in [4.69, 9.17) is 4.74 Å². The van der Waals surface area contributed by atoms with Crippen molar-refractivity contribution >= 4 is 11.9 Å². The molecule has 7 heteroatoms. The van der Waals surface area contributed by atoms with Crippen LogP contribution in [-0.4, -0.2) is 67.2 Å². The number of piperazine rings is 1. The molecule has 0 aliphatic carbocycles. The molecule has 0 atom stereocenters. The summed E-state index contributed by atoms with van der Waals surface area (Å²) in [7, 11) is 1.59. The minimum Gasteiger partial charge on any atom is -0.481 e. The van der Waals surface area contributed by atoms with Crippen molar-refractivity contribution in [2.75, 3.05) is 51.3 Å². The fraction of sp³-hybridized carbons (Fsp3) is 0.500. The number of carbonyl (C=O) groups is 1. The van der Waals surface area contributed by atoms with Crippen molar-refractivity contribution in [2.24, 2.45) is 0 Å². The van der Waals surface area contributed by atoms with E-state index >= 15 is 0 Å². The molecule has 0 unspecified atom stereocenters. The SMILES string of the molecule is C=CCNC(=O)CN1CCN(c2nccc(OC)n2)CC1. The normalized spacial score (nSPS) is 15.6. The Morgan fingerprint density at radius 3 is 2.90 bits per heavy atom. The van der Waals surface area contributed by atoms with Crippen molar-refractivity contribution < 1.29 is 9.53 Å². The summed E-state index contributed by atoms with van der Waals surface area (Å²) in [5, 5.41) is 2.78. The van der Waals surface area contributed by atoms with Crippen molar-refractivity contribution in [1.82, 2.24) is 20.2 Å². The van der Waals surface area contributed by atoms with Crippen molar-refractivity contribution in [3.05, 3.63) is 24.9 Å². The van der Waals surface area contributed by atoms with Crippen molar-refractivity contribution in [3.8, 4) is 5.88 Å². The van der Waals surface area contributed by atoms with Crippen LogP contribution in [0.25, 0.3) is 0 Å². The van der Waals surface area contributed by atoms with Crippen LogP contribution >= 0.6 is 0 Å². The summed E-state index contributed by atoms with van der Waals surface area (Å²) in [6.45, 7) is 7.71. The van der Waals surface area contributed by atoms with E-state index in [9.17, 15) is 4.79 Å². The third-order valence-electron chi connectivity index (χ3n) is 3.29. The lowest BCUT2D eigenvalue weighted by atomic mass is 10.3. The van der Waals surface area contributed by atoms with Gasteiger partial charge in [0.25, 0.3) is 0 Å². The number of nitrogens with zero attached hydrogens (tertiary/aromatic N) is 4. The molecular formula is C14H21N5O2. The third kappa shape index (κ3) is 4.42. The Hall–Kier alpha value is -2.15. The molecule has 114 valence electrons. The molecule has 1 aliphatic rings. The molecule has 1 aromatic rings. The number of aromatic nitrogens is 2. The number of methoxy groups -OCH3 is 1. The van der Waals surface area contributed by atoms with E-state index < -0.39 is 0 Å². The number of hydrogen-bond acceptors (Lipinski definition) is 6. The van der Waals surface area contributed by atoms with Crippen LogP contribution in [0.2, 0.25) is 0 Å². The van der Waals surface area contributed by atoms with Crippen LogP contribution in [0.5, 0.6) is 5.88 Å². The van der Waals surface area contributed by atoms with E-state index in [1.807, 2.05) is 0 Å². The smallest absolute Gasteiger partial charge is 0.234 e. The van der Waals surface area contributed by atoms with Crippen molar-refractivity contribution in [1.29, 1.82) is 0 Å². The van der Waals surface area contributed by atoms with Crippen LogP contribution in [0.4, 0.5) is 5.95 Å². The van der Waals surface area contributed by atoms with Gasteiger partial charge in [0.2, 0.25) is 17.7 Å². The zero-order valence-electron chi connectivity index (χ0n) is 12.3. The number of amides is 1. The van der Waals surface area contributed by atoms with E-state index in [0.717, 1.165) is 26.2 Å². The molecule has 1 aromatic heterocycles. The second-order valence-electron chi connectivity index (χ2n) is 4.75. The fourth-order valence-electron chi connectivity index (χ4n) is 2.15. The second-order valence-corrected chi connectivity index (χ2v) is 4.75. The topological polar surface area (TPSA) is 70.6 Å². The van der Waals surface area contributed by atoms with Crippen LogP contribution in [0.1, 0.15) is 0 Å². The third-order valence-corrected chi connectivity index (χ3v) is 3.29. The van der Waals surface area contributed by atoms with Gasteiger partial charge in [-0.1, -0.05) is 6.08 Å². The van der Waals surface area contributed by atoms with Gasteiger partial charge in [-0.25, -0.2) is 4.98 Å². The summed E-state index contributed by atoms with van der Waals surface area (Å²) in [5.74, 6) is 1.26. The highest BCUT2D eigenvalue weighted by atomic mass is 16.5. The molecule has 1 amide bonds. The zero-order chi connectivity index (χ0) is 15.1. The molecular weight excluding hydrogens is 270 g/mol. The predicted octanol–water partition coefficient (Wildman–Crippen LogP) is -0.0906. The van der Waals surface area contributed by atoms with Crippen molar-refractivity contribution in [3.63, 3.8) is 0 Å². The summed E-state index contributed by atoms with van der Waals surface area (Å²) < 4.78 is 5.11. The maximum absolute atomic E-state index is 11.6. The number of carbonyl (C=O) groups excluding carboxylic acids is 1. The Morgan fingerprint density at radius 1 is 1.48 bits per heavy atom. The first-order valence-corrected chi connectivity index (χ1v) is 6.95. The zero-order valence-corrected chi connectivity index (χ0v) is 12.3. The van der Waals surface area contributed by atoms with Crippen LogP contribution in [-0.2, 0) is 4.79 Å². The molecule has 0 aromatic carbocycles. The highest BCUT2D eigenvalue weighted by Gasteiger charge is 2.20. The summed E-state index contributed by atoms with van der Waals surface area (Å²) in [4.78, 5) is 24.5. The fourth-order valence-corrected chi connectivity index (χ4v) is 2.15. The van der Waals surface area contributed by atoms with Gasteiger partial charge < -0.3 is 15.0 Å². The lowest BCUT2D eigenvalue weighted by Crippen LogP contribution is -2.50. The Morgan fingerprint density at radius 2 is 2.24 bits per heavy atom. The lowest BCUT2D eigenvalue weighted by Gasteiger charge is -2.34. The molecule has 0 saturated carbocycles. The highest BCUT2D eigenvalue weighted by Crippen LogP contribution is 2.14. The largest absolute Gasteiger partial charge is 0.481 e. The Balaban J connectivity index is 1.82. The molecule has 2 rings (SSSR count). The van der Waals surface area contributed by atoms with E-state index in [1.54, 1.807) is 25.4 Å². The molecule has 7 nitrogen and oxygen atoms in total. The highest BCUT2D eigenvalue weighted by molar-refractivity contribution is 5.78. The molecule has 1 fully saturated rings. The summed E-state index contributed by atoms with van der Waals surface area (Å²) in [6.07, 6.45) is 3.37. The molecule has 2 heterocycles. The molecule has 21 heavy (non-hydrogen) atoms. The first kappa shape index (κ1) is 15.2. The summed E-state index contributed by atoms with van der Waals surface area (Å²) >= 11 is 0. The van der Waals surface area contributed by atoms with Gasteiger partial charge in [0, 0.05) is 45.0 Å². The minimum atomic E-state index is 0.0287. The average molecular weight is 291 g/mol. The molecule has 1 aliphatic heterocycles. The van der Waals surface area contributed by atoms with Crippen LogP contribution in [0.15, 0.2) is 24.9 Å². The maximum Gasteiger partial charge on any atom is 0.234 e. The number of anilines is 1. The van der Waals surface area contributed by atoms with Gasteiger partial charge in [-0.15, -0.1) is 6.58 Å². The molecule has 0 bridgehead atoms. The quantitative estimate of drug-likeness (QED) is 0.739. The number of rotatable bonds is 6. The number of hydrogen-bond donors (Lipinski definition) is 1. The van der Waals surface area contributed by atoms with Gasteiger partial charge >= 0.3 is 0 Å². The Labute approximate surface area is 124 Å². The van der Waals surface area contributed by atoms with E-state index in [0.29, 0.717) is 24.9 Å². The second kappa shape index (κ2) is 7.58. The molecule has 1 saturated heterocycles. The Bertz CT molecular complexity index is 486. The molecule has 1 N–H and O–H groups in total. The van der Waals surface area contributed by atoms with Gasteiger partial charge in [-0.3, -0.25) is 9.69 Å². The van der Waals surface area contributed by atoms with Gasteiger partial charge in [0.15, 0.2) is 0 Å². The summed E-state index contributed by atoms with van der Waals surface area (Å²) in [5.41, 5.74) is 0. The van der Waals surface area contributed by atoms with Crippen LogP contribution in [0, 0.1) is 0 Å². The Kier molecular flexibility index (Phi) is 5.51. The minimum absolute atomic E-state index is 0.0287. The van der Waals surface area contributed by atoms with E-state index in [1.165, 1.54) is 0 Å². The van der Waals surface area contributed by atoms with E-state index in [-0.39, 0.29) is 5.91 Å². The van der Waals surface area contributed by atoms with Gasteiger partial charge in [0.05, 0.1) is 13.7 Å². The standard InChI is InChI=1S/C14H21N5O2/c1-3-5-15-12(20)11-18-7-9-19(10-8-18)14-16-6-4-13(17-14)21-2/h3-4,6H,1,5,7-11H2,2H3,(H,15,20). The summed E-state index contributed by atoms with van der Waals surface area (Å²) in [6, 6.07) is 1.73. The predicted molar refractivity (Wildman–Crippen MR) is 80.4 cm³/mol. The lowest BCUT2D eigenvalue weighted by molar-refractivity contribution is -0.122. The van der Waals surface area contributed by atoms with E-state index in [2.05, 4.69) is 31.7 Å². The van der Waals surface area contributed by atoms with Gasteiger partial charge in [-0.2, -0.15) is 4.98 Å². The number of nitrogens with one attached hydrogen (secondary N) is 1. The average Bonchev–Trinajstić information content (AvgIpc) is 2.53. The molecule has 0 spiro atoms. The van der Waals surface area contributed by atoms with Crippen LogP contribution in [0.3, 0.4) is 0 Å². The van der Waals surface area contributed by atoms with Crippen LogP contribution < -0.4 is 15.0 Å². The molecule has 0 radical (unpaired) electrons. The maximum atomic E-state index is 11.6. The first-order chi connectivity index (χ1) is 10.2. The monoisotopic (exact) mass is 291 g/mol. The van der Waals surface area contributed by atoms with Gasteiger partial charge in [-0.05, 0) is 0 Å².